The van der Waals surface area contributed by atoms with Gasteiger partial charge in [-0.05, 0) is 46.5 Å². The maximum absolute atomic E-state index is 12.0. The number of piperidine rings is 1. The van der Waals surface area contributed by atoms with E-state index in [1.165, 1.54) is 0 Å². The minimum Gasteiger partial charge on any atom is -0.480 e. The first-order valence-electron chi connectivity index (χ1n) is 6.60. The van der Waals surface area contributed by atoms with E-state index in [4.69, 9.17) is 15.6 Å². The summed E-state index contributed by atoms with van der Waals surface area (Å²) in [5, 5.41) is 8.92. The van der Waals surface area contributed by atoms with Crippen molar-refractivity contribution in [2.75, 3.05) is 6.54 Å². The summed E-state index contributed by atoms with van der Waals surface area (Å²) in [6, 6.07) is -0.915. The first kappa shape index (κ1) is 15.8. The lowest BCUT2D eigenvalue weighted by molar-refractivity contribution is -0.140. The van der Waals surface area contributed by atoms with E-state index < -0.39 is 17.6 Å². The molecule has 19 heavy (non-hydrogen) atoms. The molecule has 0 radical (unpaired) electrons. The summed E-state index contributed by atoms with van der Waals surface area (Å²) in [4.78, 5) is 24.5. The molecule has 0 aromatic heterocycles. The number of hydrogen-bond acceptors (Lipinski definition) is 4. The Bertz CT molecular complexity index is 351. The lowest BCUT2D eigenvalue weighted by Gasteiger charge is -2.39. The fourth-order valence-corrected chi connectivity index (χ4v) is 2.33. The van der Waals surface area contributed by atoms with E-state index >= 15 is 0 Å². The molecule has 1 amide bonds. The highest BCUT2D eigenvalue weighted by Crippen LogP contribution is 2.26. The molecule has 6 nitrogen and oxygen atoms in total. The molecule has 1 aliphatic heterocycles. The predicted octanol–water partition coefficient (Wildman–Crippen LogP) is 1.43. The molecule has 0 aliphatic carbocycles. The molecule has 1 fully saturated rings. The molecular formula is C13H24N2O4. The van der Waals surface area contributed by atoms with E-state index in [9.17, 15) is 9.59 Å². The molecule has 0 saturated carbocycles. The monoisotopic (exact) mass is 272 g/mol. The largest absolute Gasteiger partial charge is 0.480 e. The number of nitrogens with zero attached hydrogens (tertiary/aromatic N) is 1. The summed E-state index contributed by atoms with van der Waals surface area (Å²) in [5.74, 6) is -1.07. The van der Waals surface area contributed by atoms with Crippen LogP contribution in [0.25, 0.3) is 0 Å². The zero-order valence-corrected chi connectivity index (χ0v) is 12.0. The van der Waals surface area contributed by atoms with Gasteiger partial charge in [-0.3, -0.25) is 4.79 Å². The van der Waals surface area contributed by atoms with E-state index in [0.29, 0.717) is 19.4 Å². The van der Waals surface area contributed by atoms with Crippen molar-refractivity contribution in [2.24, 2.45) is 11.7 Å². The summed E-state index contributed by atoms with van der Waals surface area (Å²) in [6.07, 6.45) is 0.839. The molecular weight excluding hydrogens is 248 g/mol. The van der Waals surface area contributed by atoms with Crippen LogP contribution >= 0.6 is 0 Å². The third kappa shape index (κ3) is 4.38. The van der Waals surface area contributed by atoms with Crippen molar-refractivity contribution in [1.29, 1.82) is 0 Å². The minimum absolute atomic E-state index is 0.0565. The van der Waals surface area contributed by atoms with Gasteiger partial charge in [0, 0.05) is 12.6 Å². The fourth-order valence-electron chi connectivity index (χ4n) is 2.33. The van der Waals surface area contributed by atoms with Gasteiger partial charge in [-0.25, -0.2) is 4.79 Å². The van der Waals surface area contributed by atoms with Gasteiger partial charge in [0.15, 0.2) is 0 Å². The Labute approximate surface area is 113 Å². The molecule has 1 rings (SSSR count). The highest BCUT2D eigenvalue weighted by atomic mass is 16.6. The quantitative estimate of drug-likeness (QED) is 0.793. The number of amides is 1. The third-order valence-electron chi connectivity index (χ3n) is 3.34. The van der Waals surface area contributed by atoms with Crippen LogP contribution in [0.5, 0.6) is 0 Å². The van der Waals surface area contributed by atoms with E-state index in [1.807, 2.05) is 27.7 Å². The van der Waals surface area contributed by atoms with Crippen molar-refractivity contribution in [2.45, 2.75) is 58.2 Å². The summed E-state index contributed by atoms with van der Waals surface area (Å²) in [6.45, 7) is 7.85. The molecule has 110 valence electrons. The molecule has 6 heteroatoms. The zero-order chi connectivity index (χ0) is 14.8. The van der Waals surface area contributed by atoms with Crippen LogP contribution in [0.1, 0.15) is 40.5 Å². The van der Waals surface area contributed by atoms with E-state index in [2.05, 4.69) is 0 Å². The van der Waals surface area contributed by atoms with Crippen LogP contribution in [-0.2, 0) is 9.53 Å². The summed E-state index contributed by atoms with van der Waals surface area (Å²) >= 11 is 0. The minimum atomic E-state index is -0.983. The van der Waals surface area contributed by atoms with Gasteiger partial charge >= 0.3 is 12.1 Å². The number of rotatable bonds is 2. The molecule has 0 bridgehead atoms. The van der Waals surface area contributed by atoms with Crippen LogP contribution < -0.4 is 5.73 Å². The number of carbonyl (C=O) groups excluding carboxylic acids is 1. The fraction of sp³-hybridized carbons (Fsp3) is 0.846. The average Bonchev–Trinajstić information content (AvgIpc) is 2.25. The van der Waals surface area contributed by atoms with Gasteiger partial charge in [-0.2, -0.15) is 0 Å². The number of hydrogen-bond donors (Lipinski definition) is 2. The van der Waals surface area contributed by atoms with Gasteiger partial charge in [0.1, 0.15) is 11.6 Å². The van der Waals surface area contributed by atoms with Gasteiger partial charge in [-0.15, -0.1) is 0 Å². The average molecular weight is 272 g/mol. The molecule has 1 aliphatic rings. The topological polar surface area (TPSA) is 92.9 Å². The first-order chi connectivity index (χ1) is 8.61. The smallest absolute Gasteiger partial charge is 0.410 e. The van der Waals surface area contributed by atoms with E-state index in [1.54, 1.807) is 4.90 Å². The molecule has 3 atom stereocenters. The Morgan fingerprint density at radius 1 is 1.42 bits per heavy atom. The Morgan fingerprint density at radius 2 is 2.00 bits per heavy atom. The molecule has 3 N–H and O–H groups in total. The summed E-state index contributed by atoms with van der Waals surface area (Å²) in [5.41, 5.74) is 5.12. The number of carbonyl (C=O) groups is 2. The Kier molecular flexibility index (Phi) is 4.79. The number of carboxylic acids is 1. The molecule has 1 heterocycles. The highest BCUT2D eigenvalue weighted by Gasteiger charge is 2.35. The van der Waals surface area contributed by atoms with Gasteiger partial charge < -0.3 is 20.5 Å². The van der Waals surface area contributed by atoms with Gasteiger partial charge in [-0.1, -0.05) is 0 Å². The zero-order valence-electron chi connectivity index (χ0n) is 12.0. The summed E-state index contributed by atoms with van der Waals surface area (Å²) < 4.78 is 5.33. The van der Waals surface area contributed by atoms with Crippen molar-refractivity contribution < 1.29 is 19.4 Å². The maximum atomic E-state index is 12.0. The van der Waals surface area contributed by atoms with Crippen molar-refractivity contribution >= 4 is 12.1 Å². The molecule has 0 aromatic carbocycles. The lowest BCUT2D eigenvalue weighted by Crippen LogP contribution is -2.51. The molecule has 2 unspecified atom stereocenters. The molecule has 0 aromatic rings. The van der Waals surface area contributed by atoms with Crippen LogP contribution in [0.3, 0.4) is 0 Å². The third-order valence-corrected chi connectivity index (χ3v) is 3.34. The van der Waals surface area contributed by atoms with Gasteiger partial charge in [0.05, 0.1) is 0 Å². The van der Waals surface area contributed by atoms with Crippen LogP contribution in [-0.4, -0.2) is 46.3 Å². The SMILES string of the molecule is CC1CC([C@H](N)C(=O)O)CCN1C(=O)OC(C)(C)C. The van der Waals surface area contributed by atoms with Crippen molar-refractivity contribution in [3.05, 3.63) is 0 Å². The second-order valence-corrected chi connectivity index (χ2v) is 6.17. The van der Waals surface area contributed by atoms with E-state index in [-0.39, 0.29) is 18.1 Å². The Hall–Kier alpha value is -1.30. The van der Waals surface area contributed by atoms with Crippen LogP contribution in [0.15, 0.2) is 0 Å². The van der Waals surface area contributed by atoms with Gasteiger partial charge in [0.25, 0.3) is 0 Å². The van der Waals surface area contributed by atoms with Crippen molar-refractivity contribution in [3.8, 4) is 0 Å². The standard InChI is InChI=1S/C13H24N2O4/c1-8-7-9(10(14)11(16)17)5-6-15(8)12(18)19-13(2,3)4/h8-10H,5-7,14H2,1-4H3,(H,16,17)/t8?,9?,10-/m0/s1. The van der Waals surface area contributed by atoms with Crippen LogP contribution in [0.2, 0.25) is 0 Å². The maximum Gasteiger partial charge on any atom is 0.410 e. The number of likely N-dealkylation sites (tertiary alicyclic amines) is 1. The van der Waals surface area contributed by atoms with Crippen molar-refractivity contribution in [1.82, 2.24) is 4.90 Å². The second kappa shape index (κ2) is 5.77. The highest BCUT2D eigenvalue weighted by molar-refractivity contribution is 5.73. The summed E-state index contributed by atoms with van der Waals surface area (Å²) in [7, 11) is 0. The molecule has 1 saturated heterocycles. The van der Waals surface area contributed by atoms with E-state index in [0.717, 1.165) is 0 Å². The lowest BCUT2D eigenvalue weighted by atomic mass is 9.86. The second-order valence-electron chi connectivity index (χ2n) is 6.17. The number of aliphatic carboxylic acids is 1. The van der Waals surface area contributed by atoms with Crippen molar-refractivity contribution in [3.63, 3.8) is 0 Å². The Balaban J connectivity index is 2.60. The normalized spacial score (nSPS) is 25.8. The number of ether oxygens (including phenoxy) is 1. The predicted molar refractivity (Wildman–Crippen MR) is 70.7 cm³/mol. The number of carboxylic acid groups (broad SMARTS) is 1. The molecule has 0 spiro atoms. The van der Waals surface area contributed by atoms with Gasteiger partial charge in [0.2, 0.25) is 0 Å². The van der Waals surface area contributed by atoms with Crippen LogP contribution in [0.4, 0.5) is 4.79 Å². The Morgan fingerprint density at radius 3 is 2.42 bits per heavy atom. The van der Waals surface area contributed by atoms with Crippen LogP contribution in [0, 0.1) is 5.92 Å². The first-order valence-corrected chi connectivity index (χ1v) is 6.60. The number of nitrogens with two attached hydrogens (primary N) is 1.